The molecular formula is C16H21NO4. The van der Waals surface area contributed by atoms with Crippen LogP contribution in [0.4, 0.5) is 0 Å². The smallest absolute Gasteiger partial charge is 0.306 e. The van der Waals surface area contributed by atoms with Crippen molar-refractivity contribution < 1.29 is 19.4 Å². The van der Waals surface area contributed by atoms with Crippen LogP contribution in [0.25, 0.3) is 0 Å². The first-order valence-electron chi connectivity index (χ1n) is 7.28. The number of carbonyl (C=O) groups excluding carboxylic acids is 1. The van der Waals surface area contributed by atoms with Crippen LogP contribution in [0.2, 0.25) is 0 Å². The number of benzene rings is 1. The predicted molar refractivity (Wildman–Crippen MR) is 78.4 cm³/mol. The average molecular weight is 291 g/mol. The van der Waals surface area contributed by atoms with E-state index >= 15 is 0 Å². The molecule has 1 aliphatic rings. The van der Waals surface area contributed by atoms with E-state index in [0.29, 0.717) is 25.3 Å². The molecule has 0 radical (unpaired) electrons. The Balaban J connectivity index is 1.89. The molecular weight excluding hydrogens is 270 g/mol. The lowest BCUT2D eigenvalue weighted by Crippen LogP contribution is -2.53. The molecule has 1 N–H and O–H groups in total. The lowest BCUT2D eigenvalue weighted by Gasteiger charge is -2.41. The Morgan fingerprint density at radius 1 is 1.33 bits per heavy atom. The van der Waals surface area contributed by atoms with Gasteiger partial charge in [0, 0.05) is 24.6 Å². The number of aliphatic carboxylic acids is 1. The molecule has 1 saturated heterocycles. The van der Waals surface area contributed by atoms with Gasteiger partial charge in [-0.1, -0.05) is 13.8 Å². The summed E-state index contributed by atoms with van der Waals surface area (Å²) in [6, 6.07) is 7.09. The van der Waals surface area contributed by atoms with E-state index < -0.39 is 11.9 Å². The molecule has 1 unspecified atom stereocenters. The van der Waals surface area contributed by atoms with Crippen molar-refractivity contribution in [2.24, 2.45) is 11.8 Å². The maximum Gasteiger partial charge on any atom is 0.306 e. The van der Waals surface area contributed by atoms with Gasteiger partial charge in [0.15, 0.2) is 0 Å². The molecule has 2 rings (SSSR count). The van der Waals surface area contributed by atoms with Crippen molar-refractivity contribution in [3.63, 3.8) is 0 Å². The third kappa shape index (κ3) is 3.54. The first kappa shape index (κ1) is 15.4. The van der Waals surface area contributed by atoms with Gasteiger partial charge in [0.25, 0.3) is 5.91 Å². The fourth-order valence-electron chi connectivity index (χ4n) is 2.29. The van der Waals surface area contributed by atoms with Gasteiger partial charge in [0.1, 0.15) is 5.75 Å². The van der Waals surface area contributed by atoms with E-state index in [2.05, 4.69) is 0 Å². The van der Waals surface area contributed by atoms with Crippen LogP contribution in [-0.4, -0.2) is 41.6 Å². The summed E-state index contributed by atoms with van der Waals surface area (Å²) in [5.74, 6) is -0.442. The molecule has 0 spiro atoms. The molecule has 114 valence electrons. The van der Waals surface area contributed by atoms with Gasteiger partial charge in [-0.2, -0.15) is 0 Å². The topological polar surface area (TPSA) is 66.8 Å². The molecule has 1 aromatic carbocycles. The Kier molecular flexibility index (Phi) is 4.83. The minimum atomic E-state index is -0.801. The molecule has 1 fully saturated rings. The number of ether oxygens (including phenoxy) is 1. The molecule has 1 heterocycles. The highest BCUT2D eigenvalue weighted by Crippen LogP contribution is 2.26. The van der Waals surface area contributed by atoms with Crippen molar-refractivity contribution in [2.75, 3.05) is 19.7 Å². The summed E-state index contributed by atoms with van der Waals surface area (Å²) in [6.07, 6.45) is 0.942. The Bertz CT molecular complexity index is 506. The zero-order chi connectivity index (χ0) is 15.4. The number of carbonyl (C=O) groups is 2. The van der Waals surface area contributed by atoms with Crippen molar-refractivity contribution >= 4 is 11.9 Å². The highest BCUT2D eigenvalue weighted by Gasteiger charge is 2.37. The third-order valence-electron chi connectivity index (χ3n) is 3.87. The number of hydrogen-bond acceptors (Lipinski definition) is 3. The van der Waals surface area contributed by atoms with E-state index in [-0.39, 0.29) is 11.8 Å². The lowest BCUT2D eigenvalue weighted by molar-refractivity contribution is -0.144. The predicted octanol–water partition coefficient (Wildman–Crippen LogP) is 2.27. The monoisotopic (exact) mass is 291 g/mol. The maximum atomic E-state index is 12.2. The zero-order valence-electron chi connectivity index (χ0n) is 12.4. The summed E-state index contributed by atoms with van der Waals surface area (Å²) in [4.78, 5) is 24.8. The average Bonchev–Trinajstić information content (AvgIpc) is 2.43. The number of nitrogens with zero attached hydrogens (tertiary/aromatic N) is 1. The quantitative estimate of drug-likeness (QED) is 0.873. The van der Waals surface area contributed by atoms with Crippen molar-refractivity contribution in [2.45, 2.75) is 20.3 Å². The largest absolute Gasteiger partial charge is 0.494 e. The molecule has 1 aliphatic heterocycles. The van der Waals surface area contributed by atoms with E-state index in [1.807, 2.05) is 6.92 Å². The summed E-state index contributed by atoms with van der Waals surface area (Å²) in [5, 5.41) is 8.94. The van der Waals surface area contributed by atoms with E-state index in [9.17, 15) is 9.59 Å². The second-order valence-corrected chi connectivity index (χ2v) is 5.47. The molecule has 5 nitrogen and oxygen atoms in total. The van der Waals surface area contributed by atoms with E-state index in [1.54, 1.807) is 36.1 Å². The van der Waals surface area contributed by atoms with Crippen LogP contribution in [0.3, 0.4) is 0 Å². The summed E-state index contributed by atoms with van der Waals surface area (Å²) < 4.78 is 5.48. The van der Waals surface area contributed by atoms with Crippen LogP contribution in [0.1, 0.15) is 30.6 Å². The van der Waals surface area contributed by atoms with Crippen molar-refractivity contribution in [1.29, 1.82) is 0 Å². The van der Waals surface area contributed by atoms with Crippen LogP contribution in [0.15, 0.2) is 24.3 Å². The minimum absolute atomic E-state index is 0.0501. The molecule has 0 bridgehead atoms. The van der Waals surface area contributed by atoms with Crippen LogP contribution in [-0.2, 0) is 4.79 Å². The first-order chi connectivity index (χ1) is 10.0. The Labute approximate surface area is 124 Å². The van der Waals surface area contributed by atoms with Crippen molar-refractivity contribution in [3.05, 3.63) is 29.8 Å². The number of carboxylic acid groups (broad SMARTS) is 1. The molecule has 5 heteroatoms. The molecule has 0 aliphatic carbocycles. The van der Waals surface area contributed by atoms with Crippen LogP contribution < -0.4 is 4.74 Å². The molecule has 1 atom stereocenters. The van der Waals surface area contributed by atoms with Gasteiger partial charge in [0.05, 0.1) is 12.5 Å². The van der Waals surface area contributed by atoms with Crippen molar-refractivity contribution in [1.82, 2.24) is 4.90 Å². The Hall–Kier alpha value is -2.04. The number of hydrogen-bond donors (Lipinski definition) is 1. The summed E-state index contributed by atoms with van der Waals surface area (Å²) in [7, 11) is 0. The molecule has 21 heavy (non-hydrogen) atoms. The molecule has 0 aromatic heterocycles. The number of rotatable bonds is 6. The molecule has 1 aromatic rings. The first-order valence-corrected chi connectivity index (χ1v) is 7.28. The van der Waals surface area contributed by atoms with Gasteiger partial charge >= 0.3 is 5.97 Å². The third-order valence-corrected chi connectivity index (χ3v) is 3.87. The van der Waals surface area contributed by atoms with Crippen LogP contribution >= 0.6 is 0 Å². The number of likely N-dealkylation sites (tertiary alicyclic amines) is 1. The summed E-state index contributed by atoms with van der Waals surface area (Å²) in [6.45, 7) is 5.42. The van der Waals surface area contributed by atoms with Gasteiger partial charge < -0.3 is 14.7 Å². The van der Waals surface area contributed by atoms with Crippen LogP contribution in [0, 0.1) is 11.8 Å². The molecule has 0 saturated carbocycles. The summed E-state index contributed by atoms with van der Waals surface area (Å²) in [5.41, 5.74) is 0.611. The van der Waals surface area contributed by atoms with Gasteiger partial charge in [-0.3, -0.25) is 9.59 Å². The minimum Gasteiger partial charge on any atom is -0.494 e. The highest BCUT2D eigenvalue weighted by atomic mass is 16.5. The second-order valence-electron chi connectivity index (χ2n) is 5.47. The van der Waals surface area contributed by atoms with E-state index in [0.717, 1.165) is 12.2 Å². The van der Waals surface area contributed by atoms with Crippen molar-refractivity contribution in [3.8, 4) is 5.75 Å². The zero-order valence-corrected chi connectivity index (χ0v) is 12.4. The fraction of sp³-hybridized carbons (Fsp3) is 0.500. The standard InChI is InChI=1S/C16H21NO4/c1-3-8-21-14-6-4-12(5-7-14)15(18)17-9-13(10-17)11(2)16(19)20/h4-7,11,13H,3,8-10H2,1-2H3,(H,19,20). The Morgan fingerprint density at radius 2 is 1.95 bits per heavy atom. The van der Waals surface area contributed by atoms with Gasteiger partial charge in [-0.25, -0.2) is 0 Å². The second kappa shape index (κ2) is 6.61. The van der Waals surface area contributed by atoms with E-state index in [1.165, 1.54) is 0 Å². The lowest BCUT2D eigenvalue weighted by atomic mass is 9.86. The highest BCUT2D eigenvalue weighted by molar-refractivity contribution is 5.95. The fourth-order valence-corrected chi connectivity index (χ4v) is 2.29. The number of carboxylic acids is 1. The Morgan fingerprint density at radius 3 is 2.48 bits per heavy atom. The van der Waals surface area contributed by atoms with E-state index in [4.69, 9.17) is 9.84 Å². The van der Waals surface area contributed by atoms with Gasteiger partial charge in [-0.15, -0.1) is 0 Å². The normalized spacial score (nSPS) is 16.2. The number of amides is 1. The maximum absolute atomic E-state index is 12.2. The van der Waals surface area contributed by atoms with Gasteiger partial charge in [0.2, 0.25) is 0 Å². The SMILES string of the molecule is CCCOc1ccc(C(=O)N2CC(C(C)C(=O)O)C2)cc1. The van der Waals surface area contributed by atoms with Gasteiger partial charge in [-0.05, 0) is 30.7 Å². The summed E-state index contributed by atoms with van der Waals surface area (Å²) >= 11 is 0. The molecule has 1 amide bonds. The van der Waals surface area contributed by atoms with Crippen LogP contribution in [0.5, 0.6) is 5.75 Å².